The Morgan fingerprint density at radius 1 is 1.16 bits per heavy atom. The van der Waals surface area contributed by atoms with Crippen molar-refractivity contribution >= 4 is 23.4 Å². The maximum atomic E-state index is 13.4. The van der Waals surface area contributed by atoms with Gasteiger partial charge >= 0.3 is 6.18 Å². The Kier molecular flexibility index (Phi) is 4.98. The van der Waals surface area contributed by atoms with Gasteiger partial charge in [0.25, 0.3) is 11.8 Å². The van der Waals surface area contributed by atoms with Crippen LogP contribution in [0.5, 0.6) is 0 Å². The lowest BCUT2D eigenvalue weighted by Gasteiger charge is -2.24. The summed E-state index contributed by atoms with van der Waals surface area (Å²) in [6, 6.07) is 0. The minimum atomic E-state index is -4.62. The Bertz CT molecular complexity index is 1090. The molecule has 0 saturated heterocycles. The Labute approximate surface area is 174 Å². The smallest absolute Gasteiger partial charge is 0.364 e. The standard InChI is InChI=1S/C18H20F3N7O3/c1-26-6-7-27-14(17(26)31)12(13(24-27)16(22)30)23-11(29)8-28-10-5-3-2-4-9(10)15(25-28)18(19,20)21/h2-8H2,1H3,(H2,22,30)(H,23,29). The Hall–Kier alpha value is -3.38. The fourth-order valence-electron chi connectivity index (χ4n) is 4.00. The van der Waals surface area contributed by atoms with Crippen molar-refractivity contribution in [2.24, 2.45) is 5.73 Å². The highest BCUT2D eigenvalue weighted by atomic mass is 19.4. The number of carbonyl (C=O) groups is 3. The van der Waals surface area contributed by atoms with Crippen LogP contribution in [0.1, 0.15) is 50.8 Å². The van der Waals surface area contributed by atoms with Crippen molar-refractivity contribution in [3.05, 3.63) is 28.3 Å². The van der Waals surface area contributed by atoms with E-state index in [-0.39, 0.29) is 29.1 Å². The number of hydrogen-bond acceptors (Lipinski definition) is 5. The number of hydrogen-bond donors (Lipinski definition) is 2. The molecule has 0 unspecified atom stereocenters. The first kappa shape index (κ1) is 20.9. The second kappa shape index (κ2) is 7.39. The van der Waals surface area contributed by atoms with Gasteiger partial charge in [0.05, 0.1) is 6.54 Å². The summed E-state index contributed by atoms with van der Waals surface area (Å²) in [6.07, 6.45) is -2.68. The zero-order valence-electron chi connectivity index (χ0n) is 16.6. The molecule has 0 aromatic carbocycles. The molecule has 3 N–H and O–H groups in total. The topological polar surface area (TPSA) is 128 Å². The summed E-state index contributed by atoms with van der Waals surface area (Å²) in [4.78, 5) is 38.4. The van der Waals surface area contributed by atoms with E-state index in [1.807, 2.05) is 0 Å². The van der Waals surface area contributed by atoms with Crippen molar-refractivity contribution < 1.29 is 27.6 Å². The number of nitrogens with zero attached hydrogens (tertiary/aromatic N) is 5. The van der Waals surface area contributed by atoms with E-state index in [0.29, 0.717) is 38.0 Å². The molecule has 4 rings (SSSR count). The van der Waals surface area contributed by atoms with Crippen LogP contribution in [0.2, 0.25) is 0 Å². The van der Waals surface area contributed by atoms with Gasteiger partial charge in [-0.25, -0.2) is 0 Å². The highest BCUT2D eigenvalue weighted by molar-refractivity contribution is 6.09. The Balaban J connectivity index is 1.65. The molecule has 1 aliphatic heterocycles. The van der Waals surface area contributed by atoms with Crippen molar-refractivity contribution in [2.75, 3.05) is 18.9 Å². The summed E-state index contributed by atoms with van der Waals surface area (Å²) in [7, 11) is 1.56. The average molecular weight is 439 g/mol. The molecule has 3 heterocycles. The number of halogens is 3. The van der Waals surface area contributed by atoms with Crippen LogP contribution in [0.3, 0.4) is 0 Å². The molecule has 0 radical (unpaired) electrons. The van der Waals surface area contributed by atoms with E-state index >= 15 is 0 Å². The van der Waals surface area contributed by atoms with Gasteiger partial charge in [-0.3, -0.25) is 23.7 Å². The maximum absolute atomic E-state index is 13.4. The monoisotopic (exact) mass is 439 g/mol. The second-order valence-electron chi connectivity index (χ2n) is 7.57. The first-order valence-corrected chi connectivity index (χ1v) is 9.69. The number of alkyl halides is 3. The van der Waals surface area contributed by atoms with Gasteiger partial charge in [-0.1, -0.05) is 0 Å². The van der Waals surface area contributed by atoms with Crippen LogP contribution in [-0.4, -0.2) is 55.8 Å². The number of rotatable bonds is 4. The van der Waals surface area contributed by atoms with Gasteiger partial charge < -0.3 is 16.0 Å². The fraction of sp³-hybridized carbons (Fsp3) is 0.500. The van der Waals surface area contributed by atoms with E-state index in [1.165, 1.54) is 9.58 Å². The molecule has 0 saturated carbocycles. The van der Waals surface area contributed by atoms with Crippen LogP contribution in [0.25, 0.3) is 0 Å². The van der Waals surface area contributed by atoms with Crippen LogP contribution in [0.4, 0.5) is 18.9 Å². The first-order chi connectivity index (χ1) is 14.6. The SMILES string of the molecule is CN1CCn2nc(C(N)=O)c(NC(=O)Cn3nc(C(F)(F)F)c4c3CCCC4)c2C1=O. The van der Waals surface area contributed by atoms with Crippen LogP contribution in [-0.2, 0) is 36.9 Å². The predicted octanol–water partition coefficient (Wildman–Crippen LogP) is 0.800. The van der Waals surface area contributed by atoms with E-state index in [0.717, 1.165) is 4.68 Å². The lowest BCUT2D eigenvalue weighted by Crippen LogP contribution is -2.38. The summed E-state index contributed by atoms with van der Waals surface area (Å²) < 4.78 is 42.4. The quantitative estimate of drug-likeness (QED) is 0.728. The lowest BCUT2D eigenvalue weighted by atomic mass is 9.95. The number of fused-ring (bicyclic) bond motifs is 2. The van der Waals surface area contributed by atoms with Gasteiger partial charge in [0.15, 0.2) is 17.1 Å². The second-order valence-corrected chi connectivity index (χ2v) is 7.57. The van der Waals surface area contributed by atoms with Crippen LogP contribution in [0.15, 0.2) is 0 Å². The van der Waals surface area contributed by atoms with Gasteiger partial charge in [0.2, 0.25) is 5.91 Å². The van der Waals surface area contributed by atoms with E-state index in [4.69, 9.17) is 5.73 Å². The molecule has 0 fully saturated rings. The average Bonchev–Trinajstić information content (AvgIpc) is 3.24. The molecule has 31 heavy (non-hydrogen) atoms. The molecule has 2 aromatic rings. The number of aromatic nitrogens is 4. The van der Waals surface area contributed by atoms with Crippen LogP contribution in [0, 0.1) is 0 Å². The van der Waals surface area contributed by atoms with Crippen molar-refractivity contribution in [3.8, 4) is 0 Å². The third kappa shape index (κ3) is 3.64. The van der Waals surface area contributed by atoms with E-state index < -0.39 is 36.1 Å². The van der Waals surface area contributed by atoms with Crippen molar-refractivity contribution in [1.29, 1.82) is 0 Å². The maximum Gasteiger partial charge on any atom is 0.435 e. The number of likely N-dealkylation sites (N-methyl/N-ethyl adjacent to an activating group) is 1. The van der Waals surface area contributed by atoms with E-state index in [2.05, 4.69) is 15.5 Å². The summed E-state index contributed by atoms with van der Waals surface area (Å²) >= 11 is 0. The number of amides is 3. The van der Waals surface area contributed by atoms with Crippen molar-refractivity contribution in [2.45, 2.75) is 44.9 Å². The van der Waals surface area contributed by atoms with Crippen molar-refractivity contribution in [3.63, 3.8) is 0 Å². The molecule has 2 aliphatic rings. The summed E-state index contributed by atoms with van der Waals surface area (Å²) in [5, 5.41) is 10.1. The van der Waals surface area contributed by atoms with Crippen molar-refractivity contribution in [1.82, 2.24) is 24.5 Å². The molecular formula is C18H20F3N7O3. The zero-order valence-corrected chi connectivity index (χ0v) is 16.6. The van der Waals surface area contributed by atoms with Gasteiger partial charge in [-0.2, -0.15) is 23.4 Å². The third-order valence-corrected chi connectivity index (χ3v) is 5.47. The molecule has 166 valence electrons. The first-order valence-electron chi connectivity index (χ1n) is 9.69. The molecular weight excluding hydrogens is 419 g/mol. The molecule has 3 amide bonds. The Morgan fingerprint density at radius 3 is 2.55 bits per heavy atom. The van der Waals surface area contributed by atoms with E-state index in [9.17, 15) is 27.6 Å². The van der Waals surface area contributed by atoms with Gasteiger partial charge in [-0.05, 0) is 25.7 Å². The molecule has 0 bridgehead atoms. The van der Waals surface area contributed by atoms with Gasteiger partial charge in [0, 0.05) is 24.8 Å². The number of nitrogens with two attached hydrogens (primary N) is 1. The highest BCUT2D eigenvalue weighted by Gasteiger charge is 2.40. The minimum Gasteiger partial charge on any atom is -0.364 e. The summed E-state index contributed by atoms with van der Waals surface area (Å²) in [5.74, 6) is -2.15. The third-order valence-electron chi connectivity index (χ3n) is 5.47. The highest BCUT2D eigenvalue weighted by Crippen LogP contribution is 2.36. The summed E-state index contributed by atoms with van der Waals surface area (Å²) in [6.45, 7) is 0.152. The molecule has 0 atom stereocenters. The largest absolute Gasteiger partial charge is 0.435 e. The number of primary amides is 1. The Morgan fingerprint density at radius 2 is 1.87 bits per heavy atom. The predicted molar refractivity (Wildman–Crippen MR) is 100 cm³/mol. The molecule has 2 aromatic heterocycles. The lowest BCUT2D eigenvalue weighted by molar-refractivity contribution is -0.142. The molecule has 10 nitrogen and oxygen atoms in total. The number of anilines is 1. The van der Waals surface area contributed by atoms with Crippen LogP contribution >= 0.6 is 0 Å². The zero-order chi connectivity index (χ0) is 22.5. The normalized spacial score (nSPS) is 16.1. The van der Waals surface area contributed by atoms with Gasteiger partial charge in [-0.15, -0.1) is 0 Å². The number of carbonyl (C=O) groups excluding carboxylic acids is 3. The minimum absolute atomic E-state index is 0.00521. The molecule has 13 heteroatoms. The molecule has 0 spiro atoms. The molecule has 1 aliphatic carbocycles. The number of nitrogens with one attached hydrogen (secondary N) is 1. The van der Waals surface area contributed by atoms with Gasteiger partial charge in [0.1, 0.15) is 12.2 Å². The summed E-state index contributed by atoms with van der Waals surface area (Å²) in [5.41, 5.74) is 4.41. The van der Waals surface area contributed by atoms with E-state index in [1.54, 1.807) is 7.05 Å². The fourth-order valence-corrected chi connectivity index (χ4v) is 4.00. The van der Waals surface area contributed by atoms with Crippen LogP contribution < -0.4 is 11.1 Å².